The lowest BCUT2D eigenvalue weighted by molar-refractivity contribution is -0.122. The smallest absolute Gasteiger partial charge is 0.465 e. The lowest BCUT2D eigenvalue weighted by atomic mass is 10.2. The van der Waals surface area contributed by atoms with Crippen LogP contribution in [0.5, 0.6) is 0 Å². The zero-order valence-electron chi connectivity index (χ0n) is 7.20. The summed E-state index contributed by atoms with van der Waals surface area (Å²) < 4.78 is 13.5. The summed E-state index contributed by atoms with van der Waals surface area (Å²) in [5, 5.41) is 0. The van der Waals surface area contributed by atoms with Gasteiger partial charge in [0, 0.05) is 0 Å². The zero-order chi connectivity index (χ0) is 10.0. The van der Waals surface area contributed by atoms with Crippen LogP contribution >= 0.6 is 0 Å². The summed E-state index contributed by atoms with van der Waals surface area (Å²) in [4.78, 5) is 21.8. The van der Waals surface area contributed by atoms with Crippen molar-refractivity contribution in [1.82, 2.24) is 0 Å². The molecule has 6 nitrogen and oxygen atoms in total. The van der Waals surface area contributed by atoms with E-state index in [4.69, 9.17) is 10.5 Å². The standard InChI is InChI=1S/C7H9NO5/c1-3-4(9)5(6(8)12-3)13-7(10)11-2/h3H,8H2,1-2H3. The van der Waals surface area contributed by atoms with E-state index < -0.39 is 18.0 Å². The molecule has 1 aliphatic rings. The Hall–Kier alpha value is -1.72. The summed E-state index contributed by atoms with van der Waals surface area (Å²) in [5.41, 5.74) is 5.27. The minimum Gasteiger partial charge on any atom is -0.465 e. The van der Waals surface area contributed by atoms with Crippen molar-refractivity contribution in [3.8, 4) is 0 Å². The molecule has 1 aliphatic heterocycles. The van der Waals surface area contributed by atoms with Crippen LogP contribution in [0.25, 0.3) is 0 Å². The second-order valence-electron chi connectivity index (χ2n) is 2.37. The van der Waals surface area contributed by atoms with E-state index in [0.717, 1.165) is 7.11 Å². The van der Waals surface area contributed by atoms with Crippen LogP contribution in [0.1, 0.15) is 6.92 Å². The summed E-state index contributed by atoms with van der Waals surface area (Å²) >= 11 is 0. The molecule has 0 aliphatic carbocycles. The Labute approximate surface area is 74.2 Å². The fourth-order valence-electron chi connectivity index (χ4n) is 0.829. The van der Waals surface area contributed by atoms with Gasteiger partial charge in [0.2, 0.25) is 17.4 Å². The zero-order valence-corrected chi connectivity index (χ0v) is 7.20. The molecular weight excluding hydrogens is 178 g/mol. The predicted octanol–water partition coefficient (Wildman–Crippen LogP) is -0.115. The van der Waals surface area contributed by atoms with Crippen LogP contribution in [0.15, 0.2) is 11.6 Å². The topological polar surface area (TPSA) is 87.8 Å². The molecule has 0 aromatic rings. The number of ketones is 1. The maximum Gasteiger partial charge on any atom is 0.513 e. The average molecular weight is 187 g/mol. The van der Waals surface area contributed by atoms with Crippen LogP contribution in [0.4, 0.5) is 4.79 Å². The van der Waals surface area contributed by atoms with Crippen molar-refractivity contribution in [2.75, 3.05) is 7.11 Å². The molecule has 13 heavy (non-hydrogen) atoms. The summed E-state index contributed by atoms with van der Waals surface area (Å²) in [7, 11) is 1.13. The Kier molecular flexibility index (Phi) is 2.41. The van der Waals surface area contributed by atoms with Crippen molar-refractivity contribution in [3.63, 3.8) is 0 Å². The van der Waals surface area contributed by atoms with Crippen LogP contribution in [-0.2, 0) is 19.0 Å². The minimum atomic E-state index is -0.996. The third-order valence-electron chi connectivity index (χ3n) is 1.47. The molecule has 0 aromatic heterocycles. The molecular formula is C7H9NO5. The number of carbonyl (C=O) groups is 2. The number of nitrogens with two attached hydrogens (primary N) is 1. The summed E-state index contributed by atoms with van der Waals surface area (Å²) in [6, 6.07) is 0. The number of carbonyl (C=O) groups excluding carboxylic acids is 2. The van der Waals surface area contributed by atoms with Gasteiger partial charge in [-0.2, -0.15) is 0 Å². The molecule has 2 N–H and O–H groups in total. The molecule has 0 radical (unpaired) electrons. The van der Waals surface area contributed by atoms with Crippen LogP contribution in [0.2, 0.25) is 0 Å². The number of ether oxygens (including phenoxy) is 3. The van der Waals surface area contributed by atoms with E-state index in [1.54, 1.807) is 0 Å². The van der Waals surface area contributed by atoms with Crippen molar-refractivity contribution >= 4 is 11.9 Å². The fraction of sp³-hybridized carbons (Fsp3) is 0.429. The Morgan fingerprint density at radius 2 is 2.23 bits per heavy atom. The molecule has 72 valence electrons. The summed E-state index contributed by atoms with van der Waals surface area (Å²) in [6.07, 6.45) is -1.70. The second-order valence-corrected chi connectivity index (χ2v) is 2.37. The first-order valence-electron chi connectivity index (χ1n) is 3.52. The van der Waals surface area contributed by atoms with E-state index in [-0.39, 0.29) is 11.6 Å². The monoisotopic (exact) mass is 187 g/mol. The molecule has 0 aromatic carbocycles. The van der Waals surface area contributed by atoms with E-state index in [1.807, 2.05) is 0 Å². The number of rotatable bonds is 1. The van der Waals surface area contributed by atoms with E-state index in [9.17, 15) is 9.59 Å². The Morgan fingerprint density at radius 1 is 1.62 bits per heavy atom. The normalized spacial score (nSPS) is 21.4. The average Bonchev–Trinajstić information content (AvgIpc) is 2.32. The van der Waals surface area contributed by atoms with E-state index >= 15 is 0 Å². The number of Topliss-reactive ketones (excluding diaryl/α,β-unsaturated/α-hetero) is 1. The highest BCUT2D eigenvalue weighted by atomic mass is 16.7. The van der Waals surface area contributed by atoms with Crippen LogP contribution in [-0.4, -0.2) is 25.2 Å². The van der Waals surface area contributed by atoms with Gasteiger partial charge in [-0.25, -0.2) is 4.79 Å². The number of methoxy groups -OCH3 is 1. The first-order chi connectivity index (χ1) is 6.06. The molecule has 0 bridgehead atoms. The molecule has 0 spiro atoms. The molecule has 1 atom stereocenters. The molecule has 1 rings (SSSR count). The van der Waals surface area contributed by atoms with E-state index in [2.05, 4.69) is 9.47 Å². The van der Waals surface area contributed by atoms with E-state index in [1.165, 1.54) is 6.92 Å². The van der Waals surface area contributed by atoms with Gasteiger partial charge in [0.25, 0.3) is 0 Å². The van der Waals surface area contributed by atoms with Crippen molar-refractivity contribution in [2.24, 2.45) is 5.73 Å². The number of hydrogen-bond acceptors (Lipinski definition) is 6. The van der Waals surface area contributed by atoms with Crippen LogP contribution < -0.4 is 5.73 Å². The largest absolute Gasteiger partial charge is 0.513 e. The van der Waals surface area contributed by atoms with Gasteiger partial charge in [0.05, 0.1) is 7.11 Å². The van der Waals surface area contributed by atoms with Gasteiger partial charge in [0.15, 0.2) is 6.10 Å². The summed E-state index contributed by atoms with van der Waals surface area (Å²) in [6.45, 7) is 1.50. The van der Waals surface area contributed by atoms with Crippen molar-refractivity contribution in [1.29, 1.82) is 0 Å². The maximum absolute atomic E-state index is 11.2. The molecule has 6 heteroatoms. The third-order valence-corrected chi connectivity index (χ3v) is 1.47. The van der Waals surface area contributed by atoms with Gasteiger partial charge in [-0.05, 0) is 6.92 Å². The lowest BCUT2D eigenvalue weighted by Gasteiger charge is -2.00. The van der Waals surface area contributed by atoms with Crippen LogP contribution in [0, 0.1) is 0 Å². The number of hydrogen-bond donors (Lipinski definition) is 1. The van der Waals surface area contributed by atoms with Crippen molar-refractivity contribution < 1.29 is 23.8 Å². The second kappa shape index (κ2) is 3.34. The SMILES string of the molecule is COC(=O)OC1=C(N)OC(C)C1=O. The summed E-state index contributed by atoms with van der Waals surface area (Å²) in [5.74, 6) is -0.954. The third kappa shape index (κ3) is 1.71. The van der Waals surface area contributed by atoms with Crippen molar-refractivity contribution in [2.45, 2.75) is 13.0 Å². The molecule has 1 heterocycles. The lowest BCUT2D eigenvalue weighted by Crippen LogP contribution is -2.16. The quantitative estimate of drug-likeness (QED) is 0.576. The van der Waals surface area contributed by atoms with Gasteiger partial charge in [-0.15, -0.1) is 0 Å². The van der Waals surface area contributed by atoms with Gasteiger partial charge < -0.3 is 19.9 Å². The minimum absolute atomic E-state index is 0.192. The van der Waals surface area contributed by atoms with Gasteiger partial charge in [-0.1, -0.05) is 0 Å². The molecule has 0 amide bonds. The first kappa shape index (κ1) is 9.37. The van der Waals surface area contributed by atoms with Gasteiger partial charge >= 0.3 is 6.16 Å². The van der Waals surface area contributed by atoms with Gasteiger partial charge in [-0.3, -0.25) is 4.79 Å². The van der Waals surface area contributed by atoms with Crippen molar-refractivity contribution in [3.05, 3.63) is 11.6 Å². The van der Waals surface area contributed by atoms with Crippen LogP contribution in [0.3, 0.4) is 0 Å². The highest BCUT2D eigenvalue weighted by molar-refractivity contribution is 6.00. The molecule has 0 saturated carbocycles. The molecule has 0 saturated heterocycles. The Bertz CT molecular complexity index is 283. The predicted molar refractivity (Wildman–Crippen MR) is 40.3 cm³/mol. The Morgan fingerprint density at radius 3 is 2.62 bits per heavy atom. The first-order valence-corrected chi connectivity index (χ1v) is 3.52. The molecule has 1 unspecified atom stereocenters. The Balaban J connectivity index is 2.74. The van der Waals surface area contributed by atoms with Gasteiger partial charge in [0.1, 0.15) is 0 Å². The maximum atomic E-state index is 11.2. The van der Waals surface area contributed by atoms with E-state index in [0.29, 0.717) is 0 Å². The molecule has 0 fully saturated rings. The highest BCUT2D eigenvalue weighted by Gasteiger charge is 2.34. The fourth-order valence-corrected chi connectivity index (χ4v) is 0.829. The highest BCUT2D eigenvalue weighted by Crippen LogP contribution is 2.19.